The SMILES string of the molecule is Clc1nc(Cc2cccnc2)nc2sc3c(c12)CCCC3. The van der Waals surface area contributed by atoms with E-state index >= 15 is 0 Å². The van der Waals surface area contributed by atoms with E-state index in [1.54, 1.807) is 17.5 Å². The molecule has 4 rings (SSSR count). The number of aryl methyl sites for hydroxylation is 2. The molecule has 0 aliphatic heterocycles. The van der Waals surface area contributed by atoms with Crippen molar-refractivity contribution in [1.82, 2.24) is 15.0 Å². The summed E-state index contributed by atoms with van der Waals surface area (Å²) < 4.78 is 0. The van der Waals surface area contributed by atoms with Crippen molar-refractivity contribution in [3.8, 4) is 0 Å². The van der Waals surface area contributed by atoms with E-state index in [4.69, 9.17) is 16.6 Å². The van der Waals surface area contributed by atoms with Gasteiger partial charge in [0.2, 0.25) is 0 Å². The fraction of sp³-hybridized carbons (Fsp3) is 0.312. The molecule has 21 heavy (non-hydrogen) atoms. The van der Waals surface area contributed by atoms with Crippen LogP contribution in [-0.2, 0) is 19.3 Å². The van der Waals surface area contributed by atoms with Crippen LogP contribution in [0.2, 0.25) is 5.15 Å². The third-order valence-corrected chi connectivity index (χ3v) is 5.36. The number of pyridine rings is 1. The molecule has 0 saturated carbocycles. The van der Waals surface area contributed by atoms with E-state index in [2.05, 4.69) is 9.97 Å². The first kappa shape index (κ1) is 13.2. The highest BCUT2D eigenvalue weighted by atomic mass is 35.5. The van der Waals surface area contributed by atoms with Crippen LogP contribution in [-0.4, -0.2) is 15.0 Å². The first-order chi connectivity index (χ1) is 10.3. The lowest BCUT2D eigenvalue weighted by atomic mass is 9.97. The number of nitrogens with zero attached hydrogens (tertiary/aromatic N) is 3. The monoisotopic (exact) mass is 315 g/mol. The fourth-order valence-electron chi connectivity index (χ4n) is 2.92. The molecule has 0 bridgehead atoms. The van der Waals surface area contributed by atoms with Gasteiger partial charge in [-0.1, -0.05) is 17.7 Å². The summed E-state index contributed by atoms with van der Waals surface area (Å²) in [4.78, 5) is 15.9. The molecule has 0 radical (unpaired) electrons. The van der Waals surface area contributed by atoms with Gasteiger partial charge in [-0.3, -0.25) is 4.98 Å². The second kappa shape index (κ2) is 5.35. The zero-order chi connectivity index (χ0) is 14.2. The summed E-state index contributed by atoms with van der Waals surface area (Å²) >= 11 is 8.23. The number of rotatable bonds is 2. The summed E-state index contributed by atoms with van der Waals surface area (Å²) in [6.07, 6.45) is 9.08. The summed E-state index contributed by atoms with van der Waals surface area (Å²) in [5, 5.41) is 1.70. The van der Waals surface area contributed by atoms with Gasteiger partial charge >= 0.3 is 0 Å². The van der Waals surface area contributed by atoms with Gasteiger partial charge in [0.1, 0.15) is 15.8 Å². The number of hydrogen-bond donors (Lipinski definition) is 0. The number of aromatic nitrogens is 3. The molecule has 0 N–H and O–H groups in total. The van der Waals surface area contributed by atoms with Gasteiger partial charge in [0.15, 0.2) is 0 Å². The zero-order valence-electron chi connectivity index (χ0n) is 11.5. The van der Waals surface area contributed by atoms with Crippen LogP contribution >= 0.6 is 22.9 Å². The van der Waals surface area contributed by atoms with E-state index in [-0.39, 0.29) is 0 Å². The summed E-state index contributed by atoms with van der Waals surface area (Å²) in [5.41, 5.74) is 2.49. The van der Waals surface area contributed by atoms with Crippen LogP contribution in [0.4, 0.5) is 0 Å². The summed E-state index contributed by atoms with van der Waals surface area (Å²) in [6, 6.07) is 3.97. The van der Waals surface area contributed by atoms with Gasteiger partial charge in [0.25, 0.3) is 0 Å². The smallest absolute Gasteiger partial charge is 0.141 e. The van der Waals surface area contributed by atoms with Gasteiger partial charge in [-0.15, -0.1) is 11.3 Å². The Morgan fingerprint density at radius 2 is 2.10 bits per heavy atom. The van der Waals surface area contributed by atoms with Crippen molar-refractivity contribution in [3.05, 3.63) is 51.5 Å². The lowest BCUT2D eigenvalue weighted by Gasteiger charge is -2.10. The Hall–Kier alpha value is -1.52. The molecule has 3 nitrogen and oxygen atoms in total. The summed E-state index contributed by atoms with van der Waals surface area (Å²) in [7, 11) is 0. The maximum atomic E-state index is 6.45. The third-order valence-electron chi connectivity index (χ3n) is 3.90. The Balaban J connectivity index is 1.79. The number of halogens is 1. The van der Waals surface area contributed by atoms with Crippen LogP contribution in [0.25, 0.3) is 10.2 Å². The molecule has 3 heterocycles. The van der Waals surface area contributed by atoms with Crippen LogP contribution in [0.3, 0.4) is 0 Å². The average Bonchev–Trinajstić information content (AvgIpc) is 2.87. The highest BCUT2D eigenvalue weighted by Gasteiger charge is 2.20. The number of fused-ring (bicyclic) bond motifs is 3. The predicted octanol–water partition coefficient (Wildman–Crippen LogP) is 4.21. The van der Waals surface area contributed by atoms with Gasteiger partial charge in [-0.05, 0) is 42.9 Å². The third kappa shape index (κ3) is 2.43. The highest BCUT2D eigenvalue weighted by molar-refractivity contribution is 7.19. The maximum Gasteiger partial charge on any atom is 0.141 e. The molecule has 1 aliphatic rings. The van der Waals surface area contributed by atoms with Crippen molar-refractivity contribution in [3.63, 3.8) is 0 Å². The molecule has 106 valence electrons. The molecule has 0 saturated heterocycles. The molecule has 0 aromatic carbocycles. The van der Waals surface area contributed by atoms with Gasteiger partial charge < -0.3 is 0 Å². The van der Waals surface area contributed by atoms with Crippen molar-refractivity contribution < 1.29 is 0 Å². The lowest BCUT2D eigenvalue weighted by molar-refractivity contribution is 0.700. The molecule has 3 aromatic rings. The lowest BCUT2D eigenvalue weighted by Crippen LogP contribution is -2.00. The molecule has 0 unspecified atom stereocenters. The first-order valence-corrected chi connectivity index (χ1v) is 8.36. The van der Waals surface area contributed by atoms with Crippen molar-refractivity contribution in [1.29, 1.82) is 0 Å². The normalized spacial score (nSPS) is 14.3. The Morgan fingerprint density at radius 1 is 1.19 bits per heavy atom. The van der Waals surface area contributed by atoms with E-state index in [0.29, 0.717) is 11.6 Å². The first-order valence-electron chi connectivity index (χ1n) is 7.17. The van der Waals surface area contributed by atoms with Gasteiger partial charge in [-0.2, -0.15) is 0 Å². The molecule has 0 fully saturated rings. The van der Waals surface area contributed by atoms with Crippen molar-refractivity contribution in [2.24, 2.45) is 0 Å². The van der Waals surface area contributed by atoms with Gasteiger partial charge in [0, 0.05) is 23.7 Å². The van der Waals surface area contributed by atoms with Crippen LogP contribution in [0, 0.1) is 0 Å². The van der Waals surface area contributed by atoms with Gasteiger partial charge in [-0.25, -0.2) is 9.97 Å². The fourth-order valence-corrected chi connectivity index (χ4v) is 4.56. The Labute approximate surface area is 132 Å². The van der Waals surface area contributed by atoms with Crippen LogP contribution in [0.15, 0.2) is 24.5 Å². The van der Waals surface area contributed by atoms with Crippen LogP contribution in [0.1, 0.15) is 34.7 Å². The van der Waals surface area contributed by atoms with Crippen molar-refractivity contribution in [2.45, 2.75) is 32.1 Å². The van der Waals surface area contributed by atoms with Crippen molar-refractivity contribution in [2.75, 3.05) is 0 Å². The molecular weight excluding hydrogens is 302 g/mol. The average molecular weight is 316 g/mol. The largest absolute Gasteiger partial charge is 0.264 e. The molecular formula is C16H14ClN3S. The van der Waals surface area contributed by atoms with E-state index in [0.717, 1.165) is 34.4 Å². The molecule has 0 amide bonds. The molecule has 3 aromatic heterocycles. The summed E-state index contributed by atoms with van der Waals surface area (Å²) in [5.74, 6) is 0.777. The Bertz CT molecular complexity index is 798. The second-order valence-electron chi connectivity index (χ2n) is 5.36. The number of hydrogen-bond acceptors (Lipinski definition) is 4. The van der Waals surface area contributed by atoms with E-state index in [1.165, 1.54) is 23.3 Å². The topological polar surface area (TPSA) is 38.7 Å². The van der Waals surface area contributed by atoms with Crippen LogP contribution < -0.4 is 0 Å². The van der Waals surface area contributed by atoms with Crippen molar-refractivity contribution >= 4 is 33.2 Å². The van der Waals surface area contributed by atoms with E-state index in [1.807, 2.05) is 18.3 Å². The second-order valence-corrected chi connectivity index (χ2v) is 6.80. The minimum atomic E-state index is 0.610. The zero-order valence-corrected chi connectivity index (χ0v) is 13.0. The maximum absolute atomic E-state index is 6.45. The minimum absolute atomic E-state index is 0.610. The molecule has 1 aliphatic carbocycles. The minimum Gasteiger partial charge on any atom is -0.264 e. The van der Waals surface area contributed by atoms with Crippen LogP contribution in [0.5, 0.6) is 0 Å². The molecule has 0 atom stereocenters. The van der Waals surface area contributed by atoms with E-state index in [9.17, 15) is 0 Å². The predicted molar refractivity (Wildman–Crippen MR) is 86.1 cm³/mol. The highest BCUT2D eigenvalue weighted by Crippen LogP contribution is 2.38. The van der Waals surface area contributed by atoms with E-state index < -0.39 is 0 Å². The number of thiophene rings is 1. The quantitative estimate of drug-likeness (QED) is 0.665. The molecule has 5 heteroatoms. The Kier molecular flexibility index (Phi) is 3.36. The van der Waals surface area contributed by atoms with Gasteiger partial charge in [0.05, 0.1) is 5.39 Å². The standard InChI is InChI=1S/C16H14ClN3S/c17-15-14-11-5-1-2-6-12(11)21-16(14)20-13(19-15)8-10-4-3-7-18-9-10/h3-4,7,9H,1-2,5-6,8H2. The Morgan fingerprint density at radius 3 is 2.95 bits per heavy atom. The summed E-state index contributed by atoms with van der Waals surface area (Å²) in [6.45, 7) is 0. The molecule has 0 spiro atoms.